The summed E-state index contributed by atoms with van der Waals surface area (Å²) in [4.78, 5) is 16.6. The van der Waals surface area contributed by atoms with Crippen LogP contribution in [-0.4, -0.2) is 15.1 Å². The second-order valence-corrected chi connectivity index (χ2v) is 6.14. The number of hydrogen-bond donors (Lipinski definition) is 2. The predicted octanol–water partition coefficient (Wildman–Crippen LogP) is 3.47. The van der Waals surface area contributed by atoms with Crippen LogP contribution < -0.4 is 10.0 Å². The molecule has 1 aromatic heterocycles. The van der Waals surface area contributed by atoms with Gasteiger partial charge < -0.3 is 10.0 Å². The molecule has 120 valence electrons. The van der Waals surface area contributed by atoms with Gasteiger partial charge in [0.2, 0.25) is 0 Å². The van der Waals surface area contributed by atoms with Gasteiger partial charge >= 0.3 is 0 Å². The number of aromatic nitrogens is 1. The number of amides is 1. The topological polar surface area (TPSA) is 71.1 Å². The fraction of sp³-hybridized carbons (Fsp3) is 0. The van der Waals surface area contributed by atoms with E-state index >= 15 is 0 Å². The van der Waals surface area contributed by atoms with E-state index in [9.17, 15) is 9.00 Å². The third-order valence-corrected chi connectivity index (χ3v) is 4.33. The molecule has 1 unspecified atom stereocenters. The number of benzene rings is 2. The first-order valence-electron chi connectivity index (χ1n) is 7.28. The molecule has 3 rings (SSSR count). The molecule has 2 aromatic carbocycles. The average molecular weight is 337 g/mol. The summed E-state index contributed by atoms with van der Waals surface area (Å²) in [6.45, 7) is 0. The number of pyridine rings is 1. The normalized spacial score (nSPS) is 11.5. The van der Waals surface area contributed by atoms with Gasteiger partial charge in [-0.05, 0) is 48.5 Å². The number of nitrogens with zero attached hydrogens (tertiary/aromatic N) is 1. The molecule has 0 aliphatic rings. The van der Waals surface area contributed by atoms with E-state index in [1.165, 1.54) is 0 Å². The highest BCUT2D eigenvalue weighted by Gasteiger charge is 2.08. The smallest absolute Gasteiger partial charge is 0.274 e. The van der Waals surface area contributed by atoms with Crippen LogP contribution >= 0.6 is 0 Å². The molecule has 1 amide bonds. The van der Waals surface area contributed by atoms with Crippen LogP contribution in [0.2, 0.25) is 0 Å². The lowest BCUT2D eigenvalue weighted by Crippen LogP contribution is -2.13. The summed E-state index contributed by atoms with van der Waals surface area (Å²) in [5.74, 6) is -0.285. The Kier molecular flexibility index (Phi) is 4.98. The number of rotatable bonds is 5. The van der Waals surface area contributed by atoms with Gasteiger partial charge in [0.1, 0.15) is 16.7 Å². The molecule has 0 aliphatic carbocycles. The number of hydrogen-bond acceptors (Lipinski definition) is 3. The quantitative estimate of drug-likeness (QED) is 0.749. The first kappa shape index (κ1) is 15.9. The molecule has 1 heterocycles. The van der Waals surface area contributed by atoms with Crippen LogP contribution in [0, 0.1) is 0 Å². The van der Waals surface area contributed by atoms with E-state index in [-0.39, 0.29) is 5.91 Å². The van der Waals surface area contributed by atoms with Crippen molar-refractivity contribution in [3.8, 4) is 0 Å². The highest BCUT2D eigenvalue weighted by molar-refractivity contribution is 7.86. The van der Waals surface area contributed by atoms with Crippen molar-refractivity contribution >= 4 is 28.3 Å². The van der Waals surface area contributed by atoms with Gasteiger partial charge in [-0.2, -0.15) is 0 Å². The van der Waals surface area contributed by atoms with E-state index < -0.39 is 11.0 Å². The van der Waals surface area contributed by atoms with Crippen LogP contribution in [0.5, 0.6) is 0 Å². The maximum Gasteiger partial charge on any atom is 0.274 e. The summed E-state index contributed by atoms with van der Waals surface area (Å²) in [5, 5.41) is 2.75. The summed E-state index contributed by atoms with van der Waals surface area (Å²) >= 11 is 0. The van der Waals surface area contributed by atoms with E-state index in [0.717, 1.165) is 5.69 Å². The van der Waals surface area contributed by atoms with Crippen molar-refractivity contribution in [3.05, 3.63) is 84.7 Å². The van der Waals surface area contributed by atoms with Crippen LogP contribution in [0.25, 0.3) is 0 Å². The van der Waals surface area contributed by atoms with Crippen molar-refractivity contribution in [1.29, 1.82) is 0 Å². The monoisotopic (exact) mass is 337 g/mol. The highest BCUT2D eigenvalue weighted by atomic mass is 32.2. The molecule has 3 aromatic rings. The maximum absolute atomic E-state index is 12.3. The Morgan fingerprint density at radius 3 is 2.21 bits per heavy atom. The van der Waals surface area contributed by atoms with Crippen LogP contribution in [-0.2, 0) is 11.0 Å². The Labute approximate surface area is 142 Å². The molecule has 6 heteroatoms. The van der Waals surface area contributed by atoms with Crippen molar-refractivity contribution < 1.29 is 9.00 Å². The molecule has 0 saturated heterocycles. The summed E-state index contributed by atoms with van der Waals surface area (Å²) in [6, 6.07) is 21.3. The zero-order valence-electron chi connectivity index (χ0n) is 12.7. The van der Waals surface area contributed by atoms with Crippen LogP contribution in [0.15, 0.2) is 83.9 Å². The lowest BCUT2D eigenvalue weighted by Gasteiger charge is -2.08. The van der Waals surface area contributed by atoms with Gasteiger partial charge in [0.15, 0.2) is 0 Å². The predicted molar refractivity (Wildman–Crippen MR) is 95.1 cm³/mol. The lowest BCUT2D eigenvalue weighted by molar-refractivity contribution is 0.102. The Morgan fingerprint density at radius 1 is 0.833 bits per heavy atom. The Balaban J connectivity index is 1.65. The number of para-hydroxylation sites is 1. The zero-order valence-corrected chi connectivity index (χ0v) is 13.5. The molecule has 5 nitrogen and oxygen atoms in total. The maximum atomic E-state index is 12.3. The van der Waals surface area contributed by atoms with Crippen molar-refractivity contribution in [3.63, 3.8) is 0 Å². The van der Waals surface area contributed by atoms with E-state index in [1.54, 1.807) is 48.7 Å². The van der Waals surface area contributed by atoms with E-state index in [2.05, 4.69) is 15.0 Å². The molecule has 0 spiro atoms. The molecule has 1 atom stereocenters. The Morgan fingerprint density at radius 2 is 1.54 bits per heavy atom. The first-order chi connectivity index (χ1) is 11.7. The molecule has 24 heavy (non-hydrogen) atoms. The van der Waals surface area contributed by atoms with Gasteiger partial charge in [-0.1, -0.05) is 24.3 Å². The molecule has 0 saturated carbocycles. The van der Waals surface area contributed by atoms with Crippen molar-refractivity contribution in [2.24, 2.45) is 0 Å². The van der Waals surface area contributed by atoms with Gasteiger partial charge in [-0.3, -0.25) is 9.78 Å². The van der Waals surface area contributed by atoms with Gasteiger partial charge in [-0.25, -0.2) is 4.21 Å². The summed E-state index contributed by atoms with van der Waals surface area (Å²) in [6.07, 6.45) is 1.57. The van der Waals surface area contributed by atoms with E-state index in [4.69, 9.17) is 0 Å². The standard InChI is InChI=1S/C18H15N3O2S/c22-18(17-8-4-5-13-19-17)20-14-9-11-16(12-10-14)24(23)21-15-6-2-1-3-7-15/h1-13,21H,(H,20,22). The first-order valence-corrected chi connectivity index (χ1v) is 8.43. The van der Waals surface area contributed by atoms with Crippen LogP contribution in [0.3, 0.4) is 0 Å². The average Bonchev–Trinajstić information content (AvgIpc) is 2.64. The van der Waals surface area contributed by atoms with Crippen LogP contribution in [0.4, 0.5) is 11.4 Å². The van der Waals surface area contributed by atoms with Gasteiger partial charge in [0.05, 0.1) is 4.90 Å². The number of carbonyl (C=O) groups is 1. The SMILES string of the molecule is O=C(Nc1ccc(S(=O)Nc2ccccc2)cc1)c1ccccn1. The lowest BCUT2D eigenvalue weighted by atomic mass is 10.3. The molecule has 0 radical (unpaired) electrons. The highest BCUT2D eigenvalue weighted by Crippen LogP contribution is 2.16. The van der Waals surface area contributed by atoms with Gasteiger partial charge in [-0.15, -0.1) is 0 Å². The van der Waals surface area contributed by atoms with Gasteiger partial charge in [0, 0.05) is 17.6 Å². The minimum Gasteiger partial charge on any atom is -0.321 e. The third kappa shape index (κ3) is 4.05. The zero-order chi connectivity index (χ0) is 16.8. The third-order valence-electron chi connectivity index (χ3n) is 3.21. The molecule has 0 aliphatic heterocycles. The molecular weight excluding hydrogens is 322 g/mol. The second-order valence-electron chi connectivity index (χ2n) is 4.93. The Hall–Kier alpha value is -2.99. The fourth-order valence-corrected chi connectivity index (χ4v) is 2.88. The summed E-state index contributed by atoms with van der Waals surface area (Å²) < 4.78 is 15.2. The van der Waals surface area contributed by atoms with Crippen molar-refractivity contribution in [1.82, 2.24) is 4.98 Å². The molecule has 0 fully saturated rings. The minimum atomic E-state index is -1.37. The largest absolute Gasteiger partial charge is 0.321 e. The molecule has 2 N–H and O–H groups in total. The van der Waals surface area contributed by atoms with Crippen LogP contribution in [0.1, 0.15) is 10.5 Å². The molecule has 0 bridgehead atoms. The van der Waals surface area contributed by atoms with Crippen molar-refractivity contribution in [2.45, 2.75) is 4.90 Å². The van der Waals surface area contributed by atoms with E-state index in [1.807, 2.05) is 30.3 Å². The van der Waals surface area contributed by atoms with Crippen molar-refractivity contribution in [2.75, 3.05) is 10.0 Å². The Bertz CT molecular complexity index is 837. The number of carbonyl (C=O) groups excluding carboxylic acids is 1. The van der Waals surface area contributed by atoms with Gasteiger partial charge in [0.25, 0.3) is 5.91 Å². The second kappa shape index (κ2) is 7.52. The minimum absolute atomic E-state index is 0.285. The number of anilines is 2. The molecular formula is C18H15N3O2S. The fourth-order valence-electron chi connectivity index (χ4n) is 2.03. The summed E-state index contributed by atoms with van der Waals surface area (Å²) in [5.41, 5.74) is 1.74. The number of nitrogens with one attached hydrogen (secondary N) is 2. The van der Waals surface area contributed by atoms with E-state index in [0.29, 0.717) is 16.3 Å². The summed E-state index contributed by atoms with van der Waals surface area (Å²) in [7, 11) is -1.37.